The van der Waals surface area contributed by atoms with Gasteiger partial charge >= 0.3 is 0 Å². The van der Waals surface area contributed by atoms with Crippen LogP contribution in [0.5, 0.6) is 0 Å². The van der Waals surface area contributed by atoms with Crippen molar-refractivity contribution in [1.29, 1.82) is 0 Å². The number of para-hydroxylation sites is 1. The summed E-state index contributed by atoms with van der Waals surface area (Å²) in [6.07, 6.45) is 13.8. The van der Waals surface area contributed by atoms with Crippen LogP contribution in [0.2, 0.25) is 0 Å². The predicted molar refractivity (Wildman–Crippen MR) is 121 cm³/mol. The van der Waals surface area contributed by atoms with E-state index in [-0.39, 0.29) is 12.0 Å². The minimum atomic E-state index is -0.244. The highest BCUT2D eigenvalue weighted by atomic mass is 16.7. The van der Waals surface area contributed by atoms with Crippen molar-refractivity contribution >= 4 is 22.9 Å². The summed E-state index contributed by atoms with van der Waals surface area (Å²) in [6.45, 7) is 0. The van der Waals surface area contributed by atoms with Crippen molar-refractivity contribution in [2.45, 2.75) is 57.5 Å². The SMILES string of the molecule is O=C(NOC1CCC(CCC2CCC2)C1)c1ccc2cncn2c1Nc1ccccc1. The smallest absolute Gasteiger partial charge is 0.278 e. The first kappa shape index (κ1) is 20.1. The minimum absolute atomic E-state index is 0.109. The fraction of sp³-hybridized carbons (Fsp3) is 0.440. The quantitative estimate of drug-likeness (QED) is 0.475. The summed E-state index contributed by atoms with van der Waals surface area (Å²) in [7, 11) is 0. The van der Waals surface area contributed by atoms with Crippen molar-refractivity contribution in [3.8, 4) is 0 Å². The molecule has 2 aromatic heterocycles. The van der Waals surface area contributed by atoms with Crippen LogP contribution in [0, 0.1) is 11.8 Å². The number of benzene rings is 1. The van der Waals surface area contributed by atoms with Crippen LogP contribution in [0.1, 0.15) is 61.7 Å². The zero-order valence-corrected chi connectivity index (χ0v) is 17.8. The molecule has 1 amide bonds. The van der Waals surface area contributed by atoms with Gasteiger partial charge in [-0.3, -0.25) is 14.0 Å². The first-order valence-electron chi connectivity index (χ1n) is 11.5. The zero-order chi connectivity index (χ0) is 21.0. The highest BCUT2D eigenvalue weighted by Gasteiger charge is 2.28. The highest BCUT2D eigenvalue weighted by Crippen LogP contribution is 2.36. The number of carbonyl (C=O) groups excluding carboxylic acids is 1. The summed E-state index contributed by atoms with van der Waals surface area (Å²) in [5, 5.41) is 3.36. The second-order valence-electron chi connectivity index (χ2n) is 9.00. The number of anilines is 2. The molecular weight excluding hydrogens is 388 g/mol. The molecule has 2 N–H and O–H groups in total. The van der Waals surface area contributed by atoms with Gasteiger partial charge in [-0.05, 0) is 55.4 Å². The predicted octanol–water partition coefficient (Wildman–Crippen LogP) is 5.49. The van der Waals surface area contributed by atoms with Crippen LogP contribution in [0.25, 0.3) is 5.52 Å². The van der Waals surface area contributed by atoms with Crippen molar-refractivity contribution in [3.05, 3.63) is 60.6 Å². The van der Waals surface area contributed by atoms with Crippen molar-refractivity contribution in [3.63, 3.8) is 0 Å². The molecule has 2 aliphatic rings. The van der Waals surface area contributed by atoms with E-state index in [9.17, 15) is 4.79 Å². The maximum absolute atomic E-state index is 13.0. The van der Waals surface area contributed by atoms with Gasteiger partial charge in [0.1, 0.15) is 12.1 Å². The number of fused-ring (bicyclic) bond motifs is 1. The van der Waals surface area contributed by atoms with Crippen molar-refractivity contribution < 1.29 is 9.63 Å². The van der Waals surface area contributed by atoms with Gasteiger partial charge in [-0.1, -0.05) is 50.3 Å². The van der Waals surface area contributed by atoms with Crippen LogP contribution in [-0.2, 0) is 4.84 Å². The van der Waals surface area contributed by atoms with Gasteiger partial charge in [0.2, 0.25) is 0 Å². The fourth-order valence-corrected chi connectivity index (χ4v) is 4.80. The molecule has 162 valence electrons. The molecule has 5 rings (SSSR count). The van der Waals surface area contributed by atoms with Gasteiger partial charge in [-0.15, -0.1) is 0 Å². The molecule has 0 radical (unpaired) electrons. The number of rotatable bonds is 8. The molecule has 2 fully saturated rings. The lowest BCUT2D eigenvalue weighted by atomic mass is 9.80. The van der Waals surface area contributed by atoms with E-state index in [2.05, 4.69) is 15.8 Å². The number of aromatic nitrogens is 2. The average molecular weight is 419 g/mol. The van der Waals surface area contributed by atoms with E-state index in [1.807, 2.05) is 46.9 Å². The Bertz CT molecular complexity index is 1030. The van der Waals surface area contributed by atoms with Crippen LogP contribution in [0.3, 0.4) is 0 Å². The largest absolute Gasteiger partial charge is 0.341 e. The van der Waals surface area contributed by atoms with E-state index in [0.29, 0.717) is 11.4 Å². The van der Waals surface area contributed by atoms with Crippen molar-refractivity contribution in [2.75, 3.05) is 5.32 Å². The molecule has 3 aromatic rings. The van der Waals surface area contributed by atoms with E-state index >= 15 is 0 Å². The fourth-order valence-electron chi connectivity index (χ4n) is 4.80. The lowest BCUT2D eigenvalue weighted by molar-refractivity contribution is -0.0144. The topological polar surface area (TPSA) is 67.7 Å². The summed E-state index contributed by atoms with van der Waals surface area (Å²) in [4.78, 5) is 23.1. The second kappa shape index (κ2) is 9.10. The maximum Gasteiger partial charge on any atom is 0.278 e. The molecule has 0 bridgehead atoms. The number of pyridine rings is 1. The first-order chi connectivity index (χ1) is 15.3. The highest BCUT2D eigenvalue weighted by molar-refractivity contribution is 5.99. The van der Waals surface area contributed by atoms with Gasteiger partial charge < -0.3 is 5.32 Å². The Morgan fingerprint density at radius 2 is 1.87 bits per heavy atom. The molecule has 6 nitrogen and oxygen atoms in total. The van der Waals surface area contributed by atoms with Crippen molar-refractivity contribution in [1.82, 2.24) is 14.9 Å². The number of hydrogen-bond acceptors (Lipinski definition) is 4. The van der Waals surface area contributed by atoms with E-state index in [0.717, 1.165) is 35.9 Å². The van der Waals surface area contributed by atoms with Crippen LogP contribution < -0.4 is 10.8 Å². The molecule has 0 spiro atoms. The Morgan fingerprint density at radius 3 is 2.68 bits per heavy atom. The molecule has 2 heterocycles. The summed E-state index contributed by atoms with van der Waals surface area (Å²) < 4.78 is 1.88. The van der Waals surface area contributed by atoms with E-state index in [1.54, 1.807) is 12.5 Å². The Balaban J connectivity index is 1.23. The van der Waals surface area contributed by atoms with Gasteiger partial charge in [0, 0.05) is 5.69 Å². The molecule has 2 aliphatic carbocycles. The lowest BCUT2D eigenvalue weighted by Gasteiger charge is -2.26. The number of amides is 1. The second-order valence-corrected chi connectivity index (χ2v) is 9.00. The van der Waals surface area contributed by atoms with Crippen molar-refractivity contribution in [2.24, 2.45) is 11.8 Å². The Morgan fingerprint density at radius 1 is 1.03 bits per heavy atom. The Kier molecular flexibility index (Phi) is 5.89. The average Bonchev–Trinajstić information content (AvgIpc) is 3.41. The van der Waals surface area contributed by atoms with Crippen LogP contribution in [0.4, 0.5) is 11.5 Å². The zero-order valence-electron chi connectivity index (χ0n) is 17.8. The van der Waals surface area contributed by atoms with Gasteiger partial charge in [0.15, 0.2) is 0 Å². The number of imidazole rings is 1. The van der Waals surface area contributed by atoms with Gasteiger partial charge in [-0.25, -0.2) is 10.5 Å². The number of nitrogens with one attached hydrogen (secondary N) is 2. The van der Waals surface area contributed by atoms with Crippen LogP contribution in [0.15, 0.2) is 55.0 Å². The molecule has 1 aromatic carbocycles. The summed E-state index contributed by atoms with van der Waals surface area (Å²) >= 11 is 0. The Hall–Kier alpha value is -2.86. The van der Waals surface area contributed by atoms with Crippen LogP contribution >= 0.6 is 0 Å². The third-order valence-electron chi connectivity index (χ3n) is 6.88. The van der Waals surface area contributed by atoms with E-state index in [1.165, 1.54) is 38.5 Å². The summed E-state index contributed by atoms with van der Waals surface area (Å²) in [5.74, 6) is 2.13. The number of carbonyl (C=O) groups is 1. The monoisotopic (exact) mass is 418 g/mol. The number of nitrogens with zero attached hydrogens (tertiary/aromatic N) is 2. The number of hydroxylamine groups is 1. The van der Waals surface area contributed by atoms with E-state index in [4.69, 9.17) is 4.84 Å². The normalized spacial score (nSPS) is 21.2. The molecule has 0 saturated heterocycles. The van der Waals surface area contributed by atoms with Crippen LogP contribution in [-0.4, -0.2) is 21.4 Å². The summed E-state index contributed by atoms with van der Waals surface area (Å²) in [5.41, 5.74) is 5.07. The summed E-state index contributed by atoms with van der Waals surface area (Å²) in [6, 6.07) is 13.5. The standard InChI is InChI=1S/C25H30N4O2/c30-25(28-31-22-13-11-19(15-22)10-9-18-5-4-6-18)23-14-12-21-16-26-17-29(21)24(23)27-20-7-2-1-3-8-20/h1-3,7-8,12,14,16-19,22,27H,4-6,9-11,13,15H2,(H,28,30). The molecule has 6 heteroatoms. The third-order valence-corrected chi connectivity index (χ3v) is 6.88. The molecule has 0 aliphatic heterocycles. The number of hydrogen-bond donors (Lipinski definition) is 2. The minimum Gasteiger partial charge on any atom is -0.341 e. The van der Waals surface area contributed by atoms with Gasteiger partial charge in [0.25, 0.3) is 5.91 Å². The first-order valence-corrected chi connectivity index (χ1v) is 11.5. The third kappa shape index (κ3) is 4.59. The molecule has 2 saturated carbocycles. The molecular formula is C25H30N4O2. The Labute approximate surface area is 183 Å². The molecule has 31 heavy (non-hydrogen) atoms. The lowest BCUT2D eigenvalue weighted by Crippen LogP contribution is -2.29. The molecule has 2 unspecified atom stereocenters. The maximum atomic E-state index is 13.0. The van der Waals surface area contributed by atoms with Gasteiger partial charge in [0.05, 0.1) is 23.4 Å². The van der Waals surface area contributed by atoms with E-state index < -0.39 is 0 Å². The molecule has 2 atom stereocenters. The van der Waals surface area contributed by atoms with Gasteiger partial charge in [-0.2, -0.15) is 0 Å².